The van der Waals surface area contributed by atoms with Gasteiger partial charge in [-0.2, -0.15) is 0 Å². The molecule has 2 N–H and O–H groups in total. The SMILES string of the molecule is CCNC(=NCC1CCCN(C)C1c1cccc(Cl)c1)NCCC1=CCOCC1. The molecule has 1 saturated heterocycles. The molecule has 2 aliphatic rings. The normalized spacial score (nSPS) is 23.6. The van der Waals surface area contributed by atoms with Crippen LogP contribution < -0.4 is 10.6 Å². The third kappa shape index (κ3) is 6.73. The number of nitrogens with one attached hydrogen (secondary N) is 2. The van der Waals surface area contributed by atoms with Crippen LogP contribution in [0.4, 0.5) is 0 Å². The molecule has 29 heavy (non-hydrogen) atoms. The van der Waals surface area contributed by atoms with Crippen molar-refractivity contribution >= 4 is 17.6 Å². The molecule has 0 bridgehead atoms. The molecule has 6 heteroatoms. The largest absolute Gasteiger partial charge is 0.377 e. The van der Waals surface area contributed by atoms with Crippen LogP contribution >= 0.6 is 11.6 Å². The Labute approximate surface area is 180 Å². The molecule has 0 saturated carbocycles. The second kappa shape index (κ2) is 11.6. The molecule has 1 aromatic rings. The summed E-state index contributed by atoms with van der Waals surface area (Å²) in [5, 5.41) is 7.71. The van der Waals surface area contributed by atoms with Crippen LogP contribution in [0.3, 0.4) is 0 Å². The summed E-state index contributed by atoms with van der Waals surface area (Å²) < 4.78 is 5.39. The zero-order valence-corrected chi connectivity index (χ0v) is 18.5. The van der Waals surface area contributed by atoms with Crippen molar-refractivity contribution in [3.05, 3.63) is 46.5 Å². The van der Waals surface area contributed by atoms with Crippen molar-refractivity contribution in [1.29, 1.82) is 0 Å². The maximum atomic E-state index is 6.27. The fourth-order valence-electron chi connectivity index (χ4n) is 4.35. The van der Waals surface area contributed by atoms with E-state index < -0.39 is 0 Å². The van der Waals surface area contributed by atoms with Crippen LogP contribution in [-0.2, 0) is 4.74 Å². The zero-order valence-electron chi connectivity index (χ0n) is 17.8. The van der Waals surface area contributed by atoms with E-state index in [9.17, 15) is 0 Å². The highest BCUT2D eigenvalue weighted by Gasteiger charge is 2.30. The molecule has 2 aliphatic heterocycles. The van der Waals surface area contributed by atoms with Crippen molar-refractivity contribution in [3.63, 3.8) is 0 Å². The van der Waals surface area contributed by atoms with Gasteiger partial charge in [0.2, 0.25) is 0 Å². The molecule has 1 fully saturated rings. The van der Waals surface area contributed by atoms with E-state index >= 15 is 0 Å². The molecule has 2 atom stereocenters. The van der Waals surface area contributed by atoms with Gasteiger partial charge < -0.3 is 15.4 Å². The summed E-state index contributed by atoms with van der Waals surface area (Å²) in [5.41, 5.74) is 2.78. The van der Waals surface area contributed by atoms with Gasteiger partial charge in [-0.25, -0.2) is 0 Å². The summed E-state index contributed by atoms with van der Waals surface area (Å²) in [6.45, 7) is 7.41. The highest BCUT2D eigenvalue weighted by atomic mass is 35.5. The van der Waals surface area contributed by atoms with Gasteiger partial charge in [-0.15, -0.1) is 0 Å². The zero-order chi connectivity index (χ0) is 20.5. The number of nitrogens with zero attached hydrogens (tertiary/aromatic N) is 2. The monoisotopic (exact) mass is 418 g/mol. The number of rotatable bonds is 7. The Bertz CT molecular complexity index is 706. The highest BCUT2D eigenvalue weighted by Crippen LogP contribution is 2.36. The summed E-state index contributed by atoms with van der Waals surface area (Å²) in [7, 11) is 2.21. The van der Waals surface area contributed by atoms with Gasteiger partial charge in [-0.05, 0) is 69.8 Å². The number of piperidine rings is 1. The fraction of sp³-hybridized carbons (Fsp3) is 0.609. The Kier molecular flexibility index (Phi) is 8.84. The summed E-state index contributed by atoms with van der Waals surface area (Å²) in [6.07, 6.45) is 6.71. The average Bonchev–Trinajstić information content (AvgIpc) is 2.73. The van der Waals surface area contributed by atoms with Crippen molar-refractivity contribution in [1.82, 2.24) is 15.5 Å². The van der Waals surface area contributed by atoms with E-state index in [0.29, 0.717) is 12.0 Å². The third-order valence-electron chi connectivity index (χ3n) is 5.82. The predicted molar refractivity (Wildman–Crippen MR) is 122 cm³/mol. The van der Waals surface area contributed by atoms with Crippen LogP contribution in [0, 0.1) is 5.92 Å². The Morgan fingerprint density at radius 3 is 3.00 bits per heavy atom. The molecule has 1 aromatic carbocycles. The number of hydrogen-bond acceptors (Lipinski definition) is 3. The van der Waals surface area contributed by atoms with Gasteiger partial charge in [0.15, 0.2) is 5.96 Å². The molecular weight excluding hydrogens is 384 g/mol. The lowest BCUT2D eigenvalue weighted by atomic mass is 9.85. The molecular formula is C23H35ClN4O. The van der Waals surface area contributed by atoms with Gasteiger partial charge >= 0.3 is 0 Å². The molecule has 0 aliphatic carbocycles. The van der Waals surface area contributed by atoms with E-state index in [-0.39, 0.29) is 0 Å². The van der Waals surface area contributed by atoms with E-state index in [1.165, 1.54) is 24.0 Å². The topological polar surface area (TPSA) is 48.9 Å². The molecule has 0 spiro atoms. The van der Waals surface area contributed by atoms with E-state index in [0.717, 1.165) is 63.2 Å². The third-order valence-corrected chi connectivity index (χ3v) is 6.06. The lowest BCUT2D eigenvalue weighted by molar-refractivity contribution is 0.125. The number of benzene rings is 1. The Balaban J connectivity index is 1.61. The van der Waals surface area contributed by atoms with Crippen molar-refractivity contribution in [2.24, 2.45) is 10.9 Å². The minimum Gasteiger partial charge on any atom is -0.377 e. The smallest absolute Gasteiger partial charge is 0.191 e. The van der Waals surface area contributed by atoms with Crippen molar-refractivity contribution in [2.75, 3.05) is 46.4 Å². The van der Waals surface area contributed by atoms with Gasteiger partial charge in [0.25, 0.3) is 0 Å². The molecule has 0 amide bonds. The van der Waals surface area contributed by atoms with Gasteiger partial charge in [0, 0.05) is 30.7 Å². The summed E-state index contributed by atoms with van der Waals surface area (Å²) >= 11 is 6.27. The van der Waals surface area contributed by atoms with E-state index in [1.54, 1.807) is 0 Å². The van der Waals surface area contributed by atoms with E-state index in [2.05, 4.69) is 53.8 Å². The predicted octanol–water partition coefficient (Wildman–Crippen LogP) is 4.01. The fourth-order valence-corrected chi connectivity index (χ4v) is 4.55. The van der Waals surface area contributed by atoms with Crippen LogP contribution in [0.2, 0.25) is 5.02 Å². The van der Waals surface area contributed by atoms with Crippen LogP contribution in [0.25, 0.3) is 0 Å². The van der Waals surface area contributed by atoms with Gasteiger partial charge in [0.05, 0.1) is 13.2 Å². The quantitative estimate of drug-likeness (QED) is 0.399. The second-order valence-electron chi connectivity index (χ2n) is 7.97. The maximum absolute atomic E-state index is 6.27. The second-order valence-corrected chi connectivity index (χ2v) is 8.40. The number of aliphatic imine (C=N–C) groups is 1. The van der Waals surface area contributed by atoms with E-state index in [1.807, 2.05) is 6.07 Å². The van der Waals surface area contributed by atoms with Gasteiger partial charge in [-0.1, -0.05) is 35.4 Å². The Morgan fingerprint density at radius 1 is 1.34 bits per heavy atom. The number of halogens is 1. The maximum Gasteiger partial charge on any atom is 0.191 e. The first-order chi connectivity index (χ1) is 14.2. The van der Waals surface area contributed by atoms with Crippen LogP contribution in [0.5, 0.6) is 0 Å². The van der Waals surface area contributed by atoms with Crippen molar-refractivity contribution in [3.8, 4) is 0 Å². The lowest BCUT2D eigenvalue weighted by Gasteiger charge is -2.39. The highest BCUT2D eigenvalue weighted by molar-refractivity contribution is 6.30. The van der Waals surface area contributed by atoms with Gasteiger partial charge in [0.1, 0.15) is 0 Å². The lowest BCUT2D eigenvalue weighted by Crippen LogP contribution is -2.40. The first-order valence-corrected chi connectivity index (χ1v) is 11.3. The average molecular weight is 419 g/mol. The summed E-state index contributed by atoms with van der Waals surface area (Å²) in [6, 6.07) is 8.66. The first kappa shape index (κ1) is 22.1. The number of ether oxygens (including phenoxy) is 1. The van der Waals surface area contributed by atoms with Crippen LogP contribution in [-0.4, -0.2) is 57.3 Å². The number of guanidine groups is 1. The van der Waals surface area contributed by atoms with E-state index in [4.69, 9.17) is 21.3 Å². The van der Waals surface area contributed by atoms with Gasteiger partial charge in [-0.3, -0.25) is 9.89 Å². The molecule has 160 valence electrons. The molecule has 2 heterocycles. The molecule has 0 aromatic heterocycles. The van der Waals surface area contributed by atoms with Crippen molar-refractivity contribution in [2.45, 2.75) is 38.6 Å². The summed E-state index contributed by atoms with van der Waals surface area (Å²) in [4.78, 5) is 7.39. The molecule has 3 rings (SSSR count). The molecule has 5 nitrogen and oxygen atoms in total. The van der Waals surface area contributed by atoms with Crippen LogP contribution in [0.1, 0.15) is 44.2 Å². The molecule has 0 radical (unpaired) electrons. The summed E-state index contributed by atoms with van der Waals surface area (Å²) in [5.74, 6) is 1.40. The standard InChI is InChI=1S/C23H35ClN4O/c1-3-25-23(26-12-9-18-10-14-29-15-11-18)27-17-20-7-5-13-28(2)22(20)19-6-4-8-21(24)16-19/h4,6,8,10,16,20,22H,3,5,7,9,11-15,17H2,1-2H3,(H2,25,26,27). The van der Waals surface area contributed by atoms with Crippen LogP contribution in [0.15, 0.2) is 40.9 Å². The number of hydrogen-bond donors (Lipinski definition) is 2. The number of likely N-dealkylation sites (tertiary alicyclic amines) is 1. The molecule has 2 unspecified atom stereocenters. The first-order valence-electron chi connectivity index (χ1n) is 10.9. The Morgan fingerprint density at radius 2 is 2.24 bits per heavy atom. The van der Waals surface area contributed by atoms with Crippen molar-refractivity contribution < 1.29 is 4.74 Å². The Hall–Kier alpha value is -1.56. The minimum absolute atomic E-state index is 0.362. The minimum atomic E-state index is 0.362.